The van der Waals surface area contributed by atoms with Gasteiger partial charge in [0.1, 0.15) is 0 Å². The van der Waals surface area contributed by atoms with E-state index in [0.29, 0.717) is 24.0 Å². The van der Waals surface area contributed by atoms with E-state index in [0.717, 1.165) is 5.92 Å². The molecular formula is C15H25N3. The van der Waals surface area contributed by atoms with Gasteiger partial charge in [-0.1, -0.05) is 18.9 Å². The molecule has 3 N–H and O–H groups in total. The second kappa shape index (κ2) is 4.60. The maximum atomic E-state index is 5.98. The smallest absolute Gasteiger partial charge is 0.189 e. The molecule has 18 heavy (non-hydrogen) atoms. The number of nitrogens with two attached hydrogens (primary N) is 1. The molecule has 0 aromatic carbocycles. The molecule has 0 radical (unpaired) electrons. The molecule has 0 bridgehead atoms. The molecule has 3 nitrogen and oxygen atoms in total. The summed E-state index contributed by atoms with van der Waals surface area (Å²) in [6.45, 7) is 4.59. The van der Waals surface area contributed by atoms with Crippen LogP contribution >= 0.6 is 0 Å². The van der Waals surface area contributed by atoms with Crippen molar-refractivity contribution < 1.29 is 0 Å². The highest BCUT2D eigenvalue weighted by Crippen LogP contribution is 2.48. The maximum Gasteiger partial charge on any atom is 0.189 e. The van der Waals surface area contributed by atoms with Crippen molar-refractivity contribution in [3.63, 3.8) is 0 Å². The average Bonchev–Trinajstić information content (AvgIpc) is 2.72. The second-order valence-corrected chi connectivity index (χ2v) is 6.24. The van der Waals surface area contributed by atoms with Gasteiger partial charge in [-0.2, -0.15) is 0 Å². The monoisotopic (exact) mass is 247 g/mol. The third kappa shape index (κ3) is 1.84. The minimum absolute atomic E-state index is 0.393. The SMILES string of the molecule is CCCCC1=C(C)C[C@@H]2CC[C@H]3NC(N)=N[C@@H]1[C@@H]23. The fraction of sp³-hybridized carbons (Fsp3) is 0.800. The Bertz CT molecular complexity index is 397. The van der Waals surface area contributed by atoms with E-state index in [1.165, 1.54) is 38.5 Å². The second-order valence-electron chi connectivity index (χ2n) is 6.24. The van der Waals surface area contributed by atoms with Crippen molar-refractivity contribution >= 4 is 5.96 Å². The first kappa shape index (κ1) is 12.1. The van der Waals surface area contributed by atoms with E-state index in [2.05, 4.69) is 19.2 Å². The third-order valence-corrected chi connectivity index (χ3v) is 5.11. The zero-order chi connectivity index (χ0) is 12.7. The molecule has 0 aromatic heterocycles. The van der Waals surface area contributed by atoms with E-state index >= 15 is 0 Å². The molecule has 0 saturated heterocycles. The summed E-state index contributed by atoms with van der Waals surface area (Å²) in [6.07, 6.45) is 7.69. The molecule has 0 spiro atoms. The van der Waals surface area contributed by atoms with Crippen LogP contribution in [0.2, 0.25) is 0 Å². The van der Waals surface area contributed by atoms with Crippen LogP contribution < -0.4 is 11.1 Å². The maximum absolute atomic E-state index is 5.98. The zero-order valence-electron chi connectivity index (χ0n) is 11.6. The summed E-state index contributed by atoms with van der Waals surface area (Å²) in [6, 6.07) is 0.978. The van der Waals surface area contributed by atoms with Crippen molar-refractivity contribution in [3.05, 3.63) is 11.1 Å². The van der Waals surface area contributed by atoms with Gasteiger partial charge in [0.15, 0.2) is 5.96 Å². The van der Waals surface area contributed by atoms with Crippen molar-refractivity contribution in [2.24, 2.45) is 22.6 Å². The number of hydrogen-bond donors (Lipinski definition) is 2. The van der Waals surface area contributed by atoms with Gasteiger partial charge in [-0.15, -0.1) is 0 Å². The van der Waals surface area contributed by atoms with Gasteiger partial charge in [0.05, 0.1) is 6.04 Å². The summed E-state index contributed by atoms with van der Waals surface area (Å²) < 4.78 is 0. The van der Waals surface area contributed by atoms with E-state index in [4.69, 9.17) is 10.7 Å². The van der Waals surface area contributed by atoms with Gasteiger partial charge < -0.3 is 11.1 Å². The minimum Gasteiger partial charge on any atom is -0.370 e. The lowest BCUT2D eigenvalue weighted by molar-refractivity contribution is 0.273. The van der Waals surface area contributed by atoms with Crippen LogP contribution in [0.1, 0.15) is 52.4 Å². The predicted octanol–water partition coefficient (Wildman–Crippen LogP) is 2.58. The largest absolute Gasteiger partial charge is 0.370 e. The molecule has 1 heterocycles. The third-order valence-electron chi connectivity index (χ3n) is 5.11. The Balaban J connectivity index is 1.93. The summed E-state index contributed by atoms with van der Waals surface area (Å²) in [7, 11) is 0. The summed E-state index contributed by atoms with van der Waals surface area (Å²) in [5.41, 5.74) is 9.19. The normalized spacial score (nSPS) is 38.2. The average molecular weight is 247 g/mol. The first-order valence-electron chi connectivity index (χ1n) is 7.49. The van der Waals surface area contributed by atoms with Gasteiger partial charge in [-0.25, -0.2) is 4.99 Å². The quantitative estimate of drug-likeness (QED) is 0.753. The Morgan fingerprint density at radius 2 is 2.22 bits per heavy atom. The Hall–Kier alpha value is -0.990. The number of allylic oxidation sites excluding steroid dienone is 1. The van der Waals surface area contributed by atoms with Crippen LogP contribution in [0.25, 0.3) is 0 Å². The van der Waals surface area contributed by atoms with Gasteiger partial charge in [-0.05, 0) is 50.5 Å². The first-order valence-corrected chi connectivity index (χ1v) is 7.49. The number of rotatable bonds is 3. The van der Waals surface area contributed by atoms with E-state index in [1.54, 1.807) is 11.1 Å². The molecule has 0 amide bonds. The van der Waals surface area contributed by atoms with E-state index in [9.17, 15) is 0 Å². The minimum atomic E-state index is 0.393. The van der Waals surface area contributed by atoms with Crippen molar-refractivity contribution in [1.29, 1.82) is 0 Å². The van der Waals surface area contributed by atoms with Gasteiger partial charge in [0, 0.05) is 12.0 Å². The summed E-state index contributed by atoms with van der Waals surface area (Å²) in [5, 5.41) is 3.40. The predicted molar refractivity (Wildman–Crippen MR) is 75.4 cm³/mol. The van der Waals surface area contributed by atoms with Crippen molar-refractivity contribution in [2.45, 2.75) is 64.5 Å². The standard InChI is InChI=1S/C15H25N3/c1-3-4-5-11-9(2)8-10-6-7-12-13(10)14(11)18-15(16)17-12/h10,12-14H,3-8H2,1-2H3,(H3,16,17,18)/t10-,12+,13-,14-/m0/s1. The lowest BCUT2D eigenvalue weighted by Crippen LogP contribution is -2.52. The molecule has 3 aliphatic rings. The Kier molecular flexibility index (Phi) is 3.08. The van der Waals surface area contributed by atoms with Gasteiger partial charge >= 0.3 is 0 Å². The Morgan fingerprint density at radius 1 is 1.39 bits per heavy atom. The number of guanidine groups is 1. The van der Waals surface area contributed by atoms with E-state index in [1.807, 2.05) is 0 Å². The summed E-state index contributed by atoms with van der Waals surface area (Å²) in [4.78, 5) is 4.76. The Labute approximate surface area is 110 Å². The van der Waals surface area contributed by atoms with Gasteiger partial charge in [0.25, 0.3) is 0 Å². The lowest BCUT2D eigenvalue weighted by Gasteiger charge is -2.41. The number of unbranched alkanes of at least 4 members (excludes halogenated alkanes) is 1. The van der Waals surface area contributed by atoms with Crippen molar-refractivity contribution in [2.75, 3.05) is 0 Å². The molecule has 1 fully saturated rings. The first-order chi connectivity index (χ1) is 8.70. The van der Waals surface area contributed by atoms with Gasteiger partial charge in [-0.3, -0.25) is 0 Å². The molecule has 0 aromatic rings. The number of nitrogens with zero attached hydrogens (tertiary/aromatic N) is 1. The zero-order valence-corrected chi connectivity index (χ0v) is 11.6. The summed E-state index contributed by atoms with van der Waals surface area (Å²) in [5.74, 6) is 2.23. The highest BCUT2D eigenvalue weighted by atomic mass is 15.2. The van der Waals surface area contributed by atoms with Crippen LogP contribution in [0.3, 0.4) is 0 Å². The highest BCUT2D eigenvalue weighted by molar-refractivity contribution is 5.79. The van der Waals surface area contributed by atoms with Crippen molar-refractivity contribution in [1.82, 2.24) is 5.32 Å². The van der Waals surface area contributed by atoms with Crippen LogP contribution in [-0.4, -0.2) is 18.0 Å². The number of nitrogens with one attached hydrogen (secondary N) is 1. The molecule has 4 atom stereocenters. The van der Waals surface area contributed by atoms with E-state index < -0.39 is 0 Å². The molecular weight excluding hydrogens is 222 g/mol. The van der Waals surface area contributed by atoms with Crippen molar-refractivity contribution in [3.8, 4) is 0 Å². The highest BCUT2D eigenvalue weighted by Gasteiger charge is 2.47. The lowest BCUT2D eigenvalue weighted by atomic mass is 9.72. The Morgan fingerprint density at radius 3 is 3.00 bits per heavy atom. The molecule has 100 valence electrons. The van der Waals surface area contributed by atoms with Crippen LogP contribution in [0.4, 0.5) is 0 Å². The molecule has 1 saturated carbocycles. The fourth-order valence-corrected chi connectivity index (χ4v) is 4.27. The van der Waals surface area contributed by atoms with E-state index in [-0.39, 0.29) is 0 Å². The van der Waals surface area contributed by atoms with Gasteiger partial charge in [0.2, 0.25) is 0 Å². The molecule has 3 rings (SSSR count). The summed E-state index contributed by atoms with van der Waals surface area (Å²) >= 11 is 0. The molecule has 0 unspecified atom stereocenters. The molecule has 3 heteroatoms. The molecule has 1 aliphatic heterocycles. The van der Waals surface area contributed by atoms with Crippen LogP contribution in [0.15, 0.2) is 16.1 Å². The number of hydrogen-bond acceptors (Lipinski definition) is 3. The fourth-order valence-electron chi connectivity index (χ4n) is 4.27. The van der Waals surface area contributed by atoms with Crippen LogP contribution in [0.5, 0.6) is 0 Å². The topological polar surface area (TPSA) is 50.4 Å². The van der Waals surface area contributed by atoms with Crippen LogP contribution in [0, 0.1) is 11.8 Å². The van der Waals surface area contributed by atoms with Crippen LogP contribution in [-0.2, 0) is 0 Å². The number of aliphatic imine (C=N–C) groups is 1. The molecule has 2 aliphatic carbocycles.